The second-order valence-corrected chi connectivity index (χ2v) is 9.56. The fourth-order valence-electron chi connectivity index (χ4n) is 5.21. The van der Waals surface area contributed by atoms with E-state index >= 15 is 0 Å². The third-order valence-electron chi connectivity index (χ3n) is 6.88. The van der Waals surface area contributed by atoms with Gasteiger partial charge in [-0.1, -0.05) is 42.0 Å². The number of aliphatic hydroxyl groups is 1. The minimum absolute atomic E-state index is 0.100. The molecule has 2 heterocycles. The number of likely N-dealkylation sites (tertiary alicyclic amines) is 1. The van der Waals surface area contributed by atoms with E-state index in [0.717, 1.165) is 16.7 Å². The zero-order chi connectivity index (χ0) is 22.8. The molecule has 172 valence electrons. The molecule has 0 spiro atoms. The largest absolute Gasteiger partial charge is 0.387 e. The first-order chi connectivity index (χ1) is 15.3. The minimum atomic E-state index is -0.955. The van der Waals surface area contributed by atoms with E-state index in [0.29, 0.717) is 58.7 Å². The molecule has 2 saturated heterocycles. The molecule has 2 aromatic carbocycles. The van der Waals surface area contributed by atoms with Gasteiger partial charge in [0.2, 0.25) is 5.91 Å². The normalized spacial score (nSPS) is 23.0. The van der Waals surface area contributed by atoms with Crippen LogP contribution in [0.5, 0.6) is 0 Å². The number of halogens is 1. The van der Waals surface area contributed by atoms with Gasteiger partial charge in [0.25, 0.3) is 0 Å². The number of benzene rings is 2. The van der Waals surface area contributed by atoms with Gasteiger partial charge in [-0.05, 0) is 56.5 Å². The Kier molecular flexibility index (Phi) is 6.65. The van der Waals surface area contributed by atoms with Crippen molar-refractivity contribution in [3.8, 4) is 0 Å². The summed E-state index contributed by atoms with van der Waals surface area (Å²) in [7, 11) is 1.94. The number of carbonyl (C=O) groups is 1. The summed E-state index contributed by atoms with van der Waals surface area (Å²) < 4.78 is 18.8. The second kappa shape index (κ2) is 9.30. The number of amides is 1. The monoisotopic (exact) mass is 440 g/mol. The van der Waals surface area contributed by atoms with Gasteiger partial charge in [-0.25, -0.2) is 4.39 Å². The van der Waals surface area contributed by atoms with E-state index in [1.807, 2.05) is 35.9 Å². The van der Waals surface area contributed by atoms with E-state index < -0.39 is 11.0 Å². The topological polar surface area (TPSA) is 53.0 Å². The quantitative estimate of drug-likeness (QED) is 0.749. The summed E-state index contributed by atoms with van der Waals surface area (Å²) in [6.45, 7) is 5.13. The predicted molar refractivity (Wildman–Crippen MR) is 122 cm³/mol. The molecule has 1 amide bonds. The zero-order valence-corrected chi connectivity index (χ0v) is 19.0. The Morgan fingerprint density at radius 1 is 1.16 bits per heavy atom. The molecule has 1 atom stereocenters. The fraction of sp³-hybridized carbons (Fsp3) is 0.500. The second-order valence-electron chi connectivity index (χ2n) is 9.56. The number of hydrogen-bond acceptors (Lipinski definition) is 4. The van der Waals surface area contributed by atoms with Gasteiger partial charge < -0.3 is 14.7 Å². The van der Waals surface area contributed by atoms with E-state index in [2.05, 4.69) is 12.1 Å². The van der Waals surface area contributed by atoms with E-state index in [1.165, 1.54) is 12.1 Å². The van der Waals surface area contributed by atoms with E-state index in [-0.39, 0.29) is 11.7 Å². The first-order valence-corrected chi connectivity index (χ1v) is 11.4. The van der Waals surface area contributed by atoms with Crippen LogP contribution in [0.2, 0.25) is 0 Å². The van der Waals surface area contributed by atoms with Crippen LogP contribution in [0.3, 0.4) is 0 Å². The molecule has 32 heavy (non-hydrogen) atoms. The summed E-state index contributed by atoms with van der Waals surface area (Å²) in [6, 6.07) is 14.6. The average molecular weight is 441 g/mol. The van der Waals surface area contributed by atoms with Gasteiger partial charge in [0.15, 0.2) is 0 Å². The number of carbonyl (C=O) groups excluding carboxylic acids is 1. The first-order valence-electron chi connectivity index (χ1n) is 11.4. The Bertz CT molecular complexity index is 942. The molecule has 4 rings (SSSR count). The lowest BCUT2D eigenvalue weighted by molar-refractivity contribution is -0.141. The lowest BCUT2D eigenvalue weighted by Gasteiger charge is -2.39. The average Bonchev–Trinajstić information content (AvgIpc) is 3.16. The third-order valence-corrected chi connectivity index (χ3v) is 6.88. The standard InChI is InChI=1S/C26H33FN2O3/c1-20-4-3-5-22(16-20)26(11-14-32-15-12-26)24(30)29-13-10-25(31,19-29)18-28(2)17-21-6-8-23(27)9-7-21/h3-9,16,31H,10-15,17-19H2,1-2H3/t25-/m1/s1. The van der Waals surface area contributed by atoms with Gasteiger partial charge in [-0.2, -0.15) is 0 Å². The Morgan fingerprint density at radius 2 is 1.88 bits per heavy atom. The van der Waals surface area contributed by atoms with Crippen LogP contribution in [-0.2, 0) is 21.5 Å². The summed E-state index contributed by atoms with van der Waals surface area (Å²) in [6.07, 6.45) is 1.87. The van der Waals surface area contributed by atoms with Crippen molar-refractivity contribution < 1.29 is 19.0 Å². The van der Waals surface area contributed by atoms with Crippen molar-refractivity contribution in [2.75, 3.05) is 39.9 Å². The summed E-state index contributed by atoms with van der Waals surface area (Å²) in [5, 5.41) is 11.3. The van der Waals surface area contributed by atoms with Gasteiger partial charge in [-0.3, -0.25) is 9.69 Å². The predicted octanol–water partition coefficient (Wildman–Crippen LogP) is 3.28. The molecular formula is C26H33FN2O3. The molecule has 2 aliphatic rings. The SMILES string of the molecule is Cc1cccc(C2(C(=O)N3CC[C@@](O)(CN(C)Cc4ccc(F)cc4)C3)CCOCC2)c1. The Morgan fingerprint density at radius 3 is 2.56 bits per heavy atom. The van der Waals surface area contributed by atoms with Crippen LogP contribution in [0.25, 0.3) is 0 Å². The van der Waals surface area contributed by atoms with Gasteiger partial charge >= 0.3 is 0 Å². The molecular weight excluding hydrogens is 407 g/mol. The number of nitrogens with zero attached hydrogens (tertiary/aromatic N) is 2. The smallest absolute Gasteiger partial charge is 0.233 e. The molecule has 0 saturated carbocycles. The van der Waals surface area contributed by atoms with Crippen molar-refractivity contribution >= 4 is 5.91 Å². The molecule has 0 unspecified atom stereocenters. The number of likely N-dealkylation sites (N-methyl/N-ethyl adjacent to an activating group) is 1. The summed E-state index contributed by atoms with van der Waals surface area (Å²) in [4.78, 5) is 17.7. The molecule has 5 nitrogen and oxygen atoms in total. The number of ether oxygens (including phenoxy) is 1. The molecule has 6 heteroatoms. The molecule has 2 fully saturated rings. The molecule has 0 aliphatic carbocycles. The van der Waals surface area contributed by atoms with Crippen molar-refractivity contribution in [3.05, 3.63) is 71.0 Å². The van der Waals surface area contributed by atoms with Crippen LogP contribution in [0.4, 0.5) is 4.39 Å². The highest BCUT2D eigenvalue weighted by molar-refractivity contribution is 5.89. The van der Waals surface area contributed by atoms with E-state index in [9.17, 15) is 14.3 Å². The number of hydrogen-bond donors (Lipinski definition) is 1. The molecule has 2 aliphatic heterocycles. The van der Waals surface area contributed by atoms with Crippen LogP contribution >= 0.6 is 0 Å². The highest BCUT2D eigenvalue weighted by Gasteiger charge is 2.48. The van der Waals surface area contributed by atoms with Crippen LogP contribution in [0.1, 0.15) is 36.0 Å². The van der Waals surface area contributed by atoms with Gasteiger partial charge in [-0.15, -0.1) is 0 Å². The van der Waals surface area contributed by atoms with Crippen LogP contribution in [-0.4, -0.2) is 66.3 Å². The van der Waals surface area contributed by atoms with Crippen molar-refractivity contribution in [1.82, 2.24) is 9.80 Å². The number of rotatable bonds is 6. The lowest BCUT2D eigenvalue weighted by atomic mass is 9.72. The van der Waals surface area contributed by atoms with Gasteiger partial charge in [0.05, 0.1) is 17.6 Å². The van der Waals surface area contributed by atoms with E-state index in [1.54, 1.807) is 12.1 Å². The van der Waals surface area contributed by atoms with Crippen LogP contribution in [0, 0.1) is 12.7 Å². The Hall–Kier alpha value is -2.28. The van der Waals surface area contributed by atoms with Gasteiger partial charge in [0.1, 0.15) is 5.82 Å². The fourth-order valence-corrected chi connectivity index (χ4v) is 5.21. The van der Waals surface area contributed by atoms with Crippen molar-refractivity contribution in [3.63, 3.8) is 0 Å². The lowest BCUT2D eigenvalue weighted by Crippen LogP contribution is -2.51. The maximum atomic E-state index is 13.8. The first kappa shape index (κ1) is 22.9. The van der Waals surface area contributed by atoms with Crippen molar-refractivity contribution in [2.45, 2.75) is 43.7 Å². The van der Waals surface area contributed by atoms with Crippen molar-refractivity contribution in [2.24, 2.45) is 0 Å². The van der Waals surface area contributed by atoms with E-state index in [4.69, 9.17) is 4.74 Å². The highest BCUT2D eigenvalue weighted by Crippen LogP contribution is 2.39. The Labute approximate surface area is 189 Å². The van der Waals surface area contributed by atoms with Gasteiger partial charge in [0, 0.05) is 32.8 Å². The number of aryl methyl sites for hydroxylation is 1. The molecule has 2 aromatic rings. The highest BCUT2D eigenvalue weighted by atomic mass is 19.1. The third kappa shape index (κ3) is 4.87. The summed E-state index contributed by atoms with van der Waals surface area (Å²) in [5.41, 5.74) is 1.64. The maximum absolute atomic E-state index is 13.8. The van der Waals surface area contributed by atoms with Crippen LogP contribution < -0.4 is 0 Å². The molecule has 0 bridgehead atoms. The molecule has 0 aromatic heterocycles. The summed E-state index contributed by atoms with van der Waals surface area (Å²) in [5.74, 6) is -0.154. The zero-order valence-electron chi connectivity index (χ0n) is 19.0. The van der Waals surface area contributed by atoms with Crippen LogP contribution in [0.15, 0.2) is 48.5 Å². The Balaban J connectivity index is 1.45. The molecule has 0 radical (unpaired) electrons. The summed E-state index contributed by atoms with van der Waals surface area (Å²) >= 11 is 0. The molecule has 1 N–H and O–H groups in total. The maximum Gasteiger partial charge on any atom is 0.233 e. The number of β-amino-alcohol motifs (C(OH)–C–C–N with tert-alkyl or cyclic N) is 1. The minimum Gasteiger partial charge on any atom is -0.387 e. The van der Waals surface area contributed by atoms with Crippen molar-refractivity contribution in [1.29, 1.82) is 0 Å².